The van der Waals surface area contributed by atoms with Crippen molar-refractivity contribution in [2.45, 2.75) is 18.3 Å². The SMILES string of the molecule is COc1ccc(C(=C2CCC2(c2ccc(Cl)cc2)c2ccc(Cl)cc2)c2ccc(OC)cc2)cc1. The van der Waals surface area contributed by atoms with Crippen LogP contribution in [0.5, 0.6) is 11.5 Å². The number of methoxy groups -OCH3 is 2. The summed E-state index contributed by atoms with van der Waals surface area (Å²) in [6.07, 6.45) is 1.99. The zero-order valence-corrected chi connectivity index (χ0v) is 21.2. The summed E-state index contributed by atoms with van der Waals surface area (Å²) in [5, 5.41) is 1.46. The van der Waals surface area contributed by atoms with Crippen LogP contribution in [0, 0.1) is 0 Å². The Labute approximate surface area is 216 Å². The Hall–Kier alpha value is -3.20. The van der Waals surface area contributed by atoms with Crippen LogP contribution in [0.3, 0.4) is 0 Å². The minimum Gasteiger partial charge on any atom is -0.497 e. The van der Waals surface area contributed by atoms with Crippen molar-refractivity contribution in [3.8, 4) is 11.5 Å². The normalized spacial score (nSPS) is 14.2. The van der Waals surface area contributed by atoms with Gasteiger partial charge in [0.1, 0.15) is 11.5 Å². The molecular formula is C31H26Cl2O2. The van der Waals surface area contributed by atoms with E-state index in [0.717, 1.165) is 45.5 Å². The molecule has 4 aromatic rings. The van der Waals surface area contributed by atoms with E-state index in [1.54, 1.807) is 14.2 Å². The Bertz CT molecular complexity index is 1240. The minimum absolute atomic E-state index is 0.273. The molecule has 35 heavy (non-hydrogen) atoms. The zero-order valence-electron chi connectivity index (χ0n) is 19.7. The van der Waals surface area contributed by atoms with Crippen molar-refractivity contribution in [2.24, 2.45) is 0 Å². The Morgan fingerprint density at radius 1 is 0.600 bits per heavy atom. The van der Waals surface area contributed by atoms with Gasteiger partial charge in [-0.1, -0.05) is 71.7 Å². The van der Waals surface area contributed by atoms with Crippen LogP contribution in [-0.4, -0.2) is 14.2 Å². The van der Waals surface area contributed by atoms with E-state index >= 15 is 0 Å². The van der Waals surface area contributed by atoms with Crippen molar-refractivity contribution in [1.29, 1.82) is 0 Å². The molecule has 0 amide bonds. The molecule has 0 atom stereocenters. The molecule has 176 valence electrons. The molecule has 0 N–H and O–H groups in total. The monoisotopic (exact) mass is 500 g/mol. The first-order valence-corrected chi connectivity index (χ1v) is 12.4. The lowest BCUT2D eigenvalue weighted by Gasteiger charge is -2.48. The van der Waals surface area contributed by atoms with Gasteiger partial charge in [0.2, 0.25) is 0 Å². The Kier molecular flexibility index (Phi) is 6.60. The number of ether oxygens (including phenoxy) is 2. The number of halogens is 2. The van der Waals surface area contributed by atoms with Gasteiger partial charge in [-0.3, -0.25) is 0 Å². The van der Waals surface area contributed by atoms with Crippen LogP contribution in [0.15, 0.2) is 103 Å². The molecular weight excluding hydrogens is 475 g/mol. The third kappa shape index (κ3) is 4.33. The van der Waals surface area contributed by atoms with E-state index in [4.69, 9.17) is 32.7 Å². The Balaban J connectivity index is 1.78. The van der Waals surface area contributed by atoms with Crippen LogP contribution in [-0.2, 0) is 5.41 Å². The lowest BCUT2D eigenvalue weighted by atomic mass is 9.55. The van der Waals surface area contributed by atoms with Gasteiger partial charge in [0.15, 0.2) is 0 Å². The Morgan fingerprint density at radius 3 is 1.31 bits per heavy atom. The smallest absolute Gasteiger partial charge is 0.118 e. The average molecular weight is 501 g/mol. The van der Waals surface area contributed by atoms with Crippen molar-refractivity contribution in [1.82, 2.24) is 0 Å². The molecule has 1 aliphatic rings. The van der Waals surface area contributed by atoms with Gasteiger partial charge >= 0.3 is 0 Å². The average Bonchev–Trinajstić information content (AvgIpc) is 2.89. The van der Waals surface area contributed by atoms with E-state index in [0.29, 0.717) is 0 Å². The second-order valence-corrected chi connectivity index (χ2v) is 9.60. The molecule has 5 rings (SSSR count). The van der Waals surface area contributed by atoms with E-state index < -0.39 is 0 Å². The quantitative estimate of drug-likeness (QED) is 0.263. The number of hydrogen-bond acceptors (Lipinski definition) is 2. The van der Waals surface area contributed by atoms with Crippen molar-refractivity contribution >= 4 is 28.8 Å². The summed E-state index contributed by atoms with van der Waals surface area (Å²) < 4.78 is 10.9. The maximum Gasteiger partial charge on any atom is 0.118 e. The van der Waals surface area contributed by atoms with Crippen LogP contribution >= 0.6 is 23.2 Å². The van der Waals surface area contributed by atoms with Crippen LogP contribution in [0.4, 0.5) is 0 Å². The minimum atomic E-state index is -0.273. The first-order valence-electron chi connectivity index (χ1n) is 11.6. The summed E-state index contributed by atoms with van der Waals surface area (Å²) in [4.78, 5) is 0. The highest BCUT2D eigenvalue weighted by Gasteiger charge is 2.46. The Morgan fingerprint density at radius 2 is 1.00 bits per heavy atom. The maximum atomic E-state index is 6.28. The summed E-state index contributed by atoms with van der Waals surface area (Å²) in [5.41, 5.74) is 7.08. The van der Waals surface area contributed by atoms with Crippen LogP contribution in [0.25, 0.3) is 5.57 Å². The predicted molar refractivity (Wildman–Crippen MR) is 145 cm³/mol. The van der Waals surface area contributed by atoms with E-state index in [1.165, 1.54) is 22.3 Å². The van der Waals surface area contributed by atoms with E-state index in [1.807, 2.05) is 48.5 Å². The van der Waals surface area contributed by atoms with Gasteiger partial charge in [-0.25, -0.2) is 0 Å². The standard InChI is InChI=1S/C31H26Cl2O2/c1-34-27-15-3-21(4-16-27)30(22-5-17-28(35-2)18-6-22)29-19-20-31(29,23-7-11-25(32)12-8-23)24-9-13-26(33)14-10-24/h3-18H,19-20H2,1-2H3. The van der Waals surface area contributed by atoms with Crippen molar-refractivity contribution < 1.29 is 9.47 Å². The topological polar surface area (TPSA) is 18.5 Å². The van der Waals surface area contributed by atoms with Gasteiger partial charge in [-0.2, -0.15) is 0 Å². The summed E-state index contributed by atoms with van der Waals surface area (Å²) in [6.45, 7) is 0. The summed E-state index contributed by atoms with van der Waals surface area (Å²) >= 11 is 12.6. The highest BCUT2D eigenvalue weighted by molar-refractivity contribution is 6.30. The third-order valence-corrected chi connectivity index (χ3v) is 7.50. The van der Waals surface area contributed by atoms with E-state index in [-0.39, 0.29) is 5.41 Å². The van der Waals surface area contributed by atoms with E-state index in [2.05, 4.69) is 48.5 Å². The number of benzene rings is 4. The first kappa shape index (κ1) is 23.5. The number of allylic oxidation sites excluding steroid dienone is 1. The summed E-state index contributed by atoms with van der Waals surface area (Å²) in [7, 11) is 3.38. The predicted octanol–water partition coefficient (Wildman–Crippen LogP) is 8.59. The first-order chi connectivity index (χ1) is 17.0. The molecule has 4 aromatic carbocycles. The van der Waals surface area contributed by atoms with Crippen LogP contribution in [0.2, 0.25) is 10.0 Å². The highest BCUT2D eigenvalue weighted by atomic mass is 35.5. The third-order valence-electron chi connectivity index (χ3n) is 7.00. The largest absolute Gasteiger partial charge is 0.497 e. The van der Waals surface area contributed by atoms with Gasteiger partial charge in [0.05, 0.1) is 14.2 Å². The molecule has 1 aliphatic carbocycles. The van der Waals surface area contributed by atoms with Crippen molar-refractivity contribution in [3.63, 3.8) is 0 Å². The molecule has 0 radical (unpaired) electrons. The van der Waals surface area contributed by atoms with Gasteiger partial charge in [0.25, 0.3) is 0 Å². The molecule has 1 saturated carbocycles. The van der Waals surface area contributed by atoms with Gasteiger partial charge < -0.3 is 9.47 Å². The number of rotatable bonds is 6. The second-order valence-electron chi connectivity index (χ2n) is 8.73. The van der Waals surface area contributed by atoms with Crippen LogP contribution in [0.1, 0.15) is 35.1 Å². The van der Waals surface area contributed by atoms with Gasteiger partial charge in [-0.15, -0.1) is 0 Å². The van der Waals surface area contributed by atoms with Crippen molar-refractivity contribution in [2.75, 3.05) is 14.2 Å². The van der Waals surface area contributed by atoms with E-state index in [9.17, 15) is 0 Å². The maximum absolute atomic E-state index is 6.28. The fourth-order valence-corrected chi connectivity index (χ4v) is 5.39. The summed E-state index contributed by atoms with van der Waals surface area (Å²) in [5.74, 6) is 1.67. The molecule has 0 heterocycles. The zero-order chi connectivity index (χ0) is 24.4. The molecule has 0 spiro atoms. The van der Waals surface area contributed by atoms with Crippen LogP contribution < -0.4 is 9.47 Å². The lowest BCUT2D eigenvalue weighted by molar-refractivity contribution is 0.414. The number of hydrogen-bond donors (Lipinski definition) is 0. The molecule has 1 fully saturated rings. The molecule has 4 heteroatoms. The van der Waals surface area contributed by atoms with Gasteiger partial charge in [-0.05, 0) is 94.8 Å². The van der Waals surface area contributed by atoms with Gasteiger partial charge in [0, 0.05) is 15.5 Å². The fraction of sp³-hybridized carbons (Fsp3) is 0.161. The molecule has 0 unspecified atom stereocenters. The molecule has 2 nitrogen and oxygen atoms in total. The molecule has 0 aliphatic heterocycles. The second kappa shape index (κ2) is 9.81. The summed E-state index contributed by atoms with van der Waals surface area (Å²) in [6, 6.07) is 33.1. The molecule has 0 saturated heterocycles. The highest BCUT2D eigenvalue weighted by Crippen LogP contribution is 2.57. The lowest BCUT2D eigenvalue weighted by Crippen LogP contribution is -2.39. The fourth-order valence-electron chi connectivity index (χ4n) is 5.14. The molecule has 0 aromatic heterocycles. The molecule has 0 bridgehead atoms. The van der Waals surface area contributed by atoms with Crippen molar-refractivity contribution in [3.05, 3.63) is 135 Å².